The van der Waals surface area contributed by atoms with Gasteiger partial charge in [0.2, 0.25) is 0 Å². The van der Waals surface area contributed by atoms with Gasteiger partial charge in [0.15, 0.2) is 0 Å². The molecule has 3 heteroatoms. The van der Waals surface area contributed by atoms with Crippen molar-refractivity contribution in [3.63, 3.8) is 0 Å². The molecule has 94 valence electrons. The first-order chi connectivity index (χ1) is 7.88. The van der Waals surface area contributed by atoms with Crippen molar-refractivity contribution in [3.05, 3.63) is 0 Å². The highest BCUT2D eigenvalue weighted by molar-refractivity contribution is 4.76. The van der Waals surface area contributed by atoms with Crippen LogP contribution in [0.5, 0.6) is 0 Å². The van der Waals surface area contributed by atoms with Crippen molar-refractivity contribution in [1.82, 2.24) is 10.2 Å². The molecule has 2 aliphatic rings. The summed E-state index contributed by atoms with van der Waals surface area (Å²) in [4.78, 5) is 2.56. The number of ether oxygens (including phenoxy) is 1. The van der Waals surface area contributed by atoms with Crippen LogP contribution in [0.2, 0.25) is 0 Å². The van der Waals surface area contributed by atoms with Crippen molar-refractivity contribution >= 4 is 0 Å². The third-order valence-electron chi connectivity index (χ3n) is 4.05. The average molecular weight is 226 g/mol. The molecule has 2 atom stereocenters. The first kappa shape index (κ1) is 12.3. The van der Waals surface area contributed by atoms with E-state index in [9.17, 15) is 0 Å². The Morgan fingerprint density at radius 2 is 2.31 bits per heavy atom. The Morgan fingerprint density at radius 1 is 1.38 bits per heavy atom. The number of nitrogens with zero attached hydrogens (tertiary/aromatic N) is 1. The molecule has 2 aliphatic heterocycles. The molecular weight excluding hydrogens is 200 g/mol. The number of hydrogen-bond acceptors (Lipinski definition) is 3. The summed E-state index contributed by atoms with van der Waals surface area (Å²) in [6.07, 6.45) is 7.30. The predicted molar refractivity (Wildman–Crippen MR) is 66.7 cm³/mol. The second-order valence-corrected chi connectivity index (χ2v) is 5.30. The fourth-order valence-electron chi connectivity index (χ4n) is 2.97. The molecular formula is C13H26N2O. The minimum atomic E-state index is 0.497. The molecule has 0 radical (unpaired) electrons. The lowest BCUT2D eigenvalue weighted by Crippen LogP contribution is -2.30. The van der Waals surface area contributed by atoms with Crippen molar-refractivity contribution in [3.8, 4) is 0 Å². The van der Waals surface area contributed by atoms with Crippen LogP contribution in [0.1, 0.15) is 32.1 Å². The zero-order valence-electron chi connectivity index (χ0n) is 10.6. The molecule has 0 bridgehead atoms. The van der Waals surface area contributed by atoms with Crippen LogP contribution in [0, 0.1) is 5.92 Å². The van der Waals surface area contributed by atoms with E-state index >= 15 is 0 Å². The summed E-state index contributed by atoms with van der Waals surface area (Å²) in [7, 11) is 1.84. The van der Waals surface area contributed by atoms with Crippen LogP contribution in [0.4, 0.5) is 0 Å². The zero-order chi connectivity index (χ0) is 11.2. The summed E-state index contributed by atoms with van der Waals surface area (Å²) in [5, 5.41) is 3.50. The Morgan fingerprint density at radius 3 is 3.00 bits per heavy atom. The Labute approximate surface area is 99.5 Å². The van der Waals surface area contributed by atoms with Gasteiger partial charge >= 0.3 is 0 Å². The lowest BCUT2D eigenvalue weighted by Gasteiger charge is -2.23. The molecule has 2 fully saturated rings. The molecule has 0 aromatic heterocycles. The second-order valence-electron chi connectivity index (χ2n) is 5.30. The Kier molecular flexibility index (Phi) is 5.07. The van der Waals surface area contributed by atoms with Crippen LogP contribution in [-0.4, -0.2) is 50.8 Å². The van der Waals surface area contributed by atoms with E-state index < -0.39 is 0 Å². The van der Waals surface area contributed by atoms with Crippen LogP contribution >= 0.6 is 0 Å². The standard InChI is InChI=1S/C13H26N2O/c1-16-13-6-9-15(11-13)8-3-5-12-4-2-7-14-10-12/h12-14H,2-11H2,1H3. The number of piperidine rings is 1. The third-order valence-corrected chi connectivity index (χ3v) is 4.05. The van der Waals surface area contributed by atoms with E-state index in [0.29, 0.717) is 6.10 Å². The Balaban J connectivity index is 1.54. The maximum absolute atomic E-state index is 5.39. The smallest absolute Gasteiger partial charge is 0.0710 e. The van der Waals surface area contributed by atoms with Crippen molar-refractivity contribution in [2.45, 2.75) is 38.2 Å². The number of hydrogen-bond donors (Lipinski definition) is 1. The molecule has 0 aromatic rings. The molecule has 0 aliphatic carbocycles. The fraction of sp³-hybridized carbons (Fsp3) is 1.00. The summed E-state index contributed by atoms with van der Waals surface area (Å²) in [6, 6.07) is 0. The number of nitrogens with one attached hydrogen (secondary N) is 1. The first-order valence-electron chi connectivity index (χ1n) is 6.84. The molecule has 1 N–H and O–H groups in total. The lowest BCUT2D eigenvalue weighted by molar-refractivity contribution is 0.107. The second kappa shape index (κ2) is 6.58. The predicted octanol–water partition coefficient (Wildman–Crippen LogP) is 1.49. The topological polar surface area (TPSA) is 24.5 Å². The van der Waals surface area contributed by atoms with E-state index in [0.717, 1.165) is 12.5 Å². The van der Waals surface area contributed by atoms with E-state index in [1.54, 1.807) is 0 Å². The number of likely N-dealkylation sites (tertiary alicyclic amines) is 1. The van der Waals surface area contributed by atoms with Crippen LogP contribution < -0.4 is 5.32 Å². The van der Waals surface area contributed by atoms with Crippen molar-refractivity contribution in [1.29, 1.82) is 0 Å². The van der Waals surface area contributed by atoms with Crippen LogP contribution in [0.25, 0.3) is 0 Å². The van der Waals surface area contributed by atoms with Crippen molar-refractivity contribution in [2.75, 3.05) is 39.8 Å². The van der Waals surface area contributed by atoms with Gasteiger partial charge < -0.3 is 15.0 Å². The quantitative estimate of drug-likeness (QED) is 0.768. The number of methoxy groups -OCH3 is 1. The molecule has 0 amide bonds. The van der Waals surface area contributed by atoms with E-state index in [-0.39, 0.29) is 0 Å². The number of rotatable bonds is 5. The van der Waals surface area contributed by atoms with Crippen LogP contribution in [-0.2, 0) is 4.74 Å². The molecule has 2 saturated heterocycles. The highest BCUT2D eigenvalue weighted by Crippen LogP contribution is 2.18. The summed E-state index contributed by atoms with van der Waals surface area (Å²) >= 11 is 0. The van der Waals surface area contributed by atoms with Gasteiger partial charge in [0.05, 0.1) is 6.10 Å². The largest absolute Gasteiger partial charge is 0.380 e. The normalized spacial score (nSPS) is 32.1. The Bertz CT molecular complexity index is 192. The van der Waals surface area contributed by atoms with Crippen molar-refractivity contribution < 1.29 is 4.74 Å². The third kappa shape index (κ3) is 3.72. The summed E-state index contributed by atoms with van der Waals surface area (Å²) in [5.41, 5.74) is 0. The first-order valence-corrected chi connectivity index (χ1v) is 6.84. The molecule has 0 spiro atoms. The molecule has 2 unspecified atom stereocenters. The molecule has 0 aromatic carbocycles. The molecule has 3 nitrogen and oxygen atoms in total. The molecule has 0 saturated carbocycles. The minimum Gasteiger partial charge on any atom is -0.380 e. The highest BCUT2D eigenvalue weighted by Gasteiger charge is 2.21. The average Bonchev–Trinajstić information content (AvgIpc) is 2.78. The Hall–Kier alpha value is -0.120. The van der Waals surface area contributed by atoms with Crippen LogP contribution in [0.3, 0.4) is 0 Å². The van der Waals surface area contributed by atoms with Gasteiger partial charge in [0.25, 0.3) is 0 Å². The minimum absolute atomic E-state index is 0.497. The van der Waals surface area contributed by atoms with Gasteiger partial charge in [-0.05, 0) is 57.7 Å². The molecule has 2 rings (SSSR count). The summed E-state index contributed by atoms with van der Waals surface area (Å²) in [6.45, 7) is 6.15. The highest BCUT2D eigenvalue weighted by atomic mass is 16.5. The molecule has 2 heterocycles. The SMILES string of the molecule is COC1CCN(CCCC2CCCNC2)C1. The van der Waals surface area contributed by atoms with Gasteiger partial charge in [-0.1, -0.05) is 0 Å². The zero-order valence-corrected chi connectivity index (χ0v) is 10.6. The van der Waals surface area contributed by atoms with Crippen molar-refractivity contribution in [2.24, 2.45) is 5.92 Å². The summed E-state index contributed by atoms with van der Waals surface area (Å²) in [5.74, 6) is 0.939. The van der Waals surface area contributed by atoms with Crippen LogP contribution in [0.15, 0.2) is 0 Å². The van der Waals surface area contributed by atoms with E-state index in [1.807, 2.05) is 7.11 Å². The van der Waals surface area contributed by atoms with Gasteiger partial charge in [0, 0.05) is 20.2 Å². The fourth-order valence-corrected chi connectivity index (χ4v) is 2.97. The summed E-state index contributed by atoms with van der Waals surface area (Å²) < 4.78 is 5.39. The monoisotopic (exact) mass is 226 g/mol. The lowest BCUT2D eigenvalue weighted by atomic mass is 9.95. The molecule has 16 heavy (non-hydrogen) atoms. The van der Waals surface area contributed by atoms with Gasteiger partial charge in [-0.3, -0.25) is 0 Å². The van der Waals surface area contributed by atoms with Gasteiger partial charge in [0.1, 0.15) is 0 Å². The maximum atomic E-state index is 5.39. The maximum Gasteiger partial charge on any atom is 0.0710 e. The van der Waals surface area contributed by atoms with Gasteiger partial charge in [-0.25, -0.2) is 0 Å². The van der Waals surface area contributed by atoms with Gasteiger partial charge in [-0.2, -0.15) is 0 Å². The van der Waals surface area contributed by atoms with E-state index in [4.69, 9.17) is 4.74 Å². The van der Waals surface area contributed by atoms with E-state index in [1.165, 1.54) is 58.3 Å². The van der Waals surface area contributed by atoms with E-state index in [2.05, 4.69) is 10.2 Å². The van der Waals surface area contributed by atoms with Gasteiger partial charge in [-0.15, -0.1) is 0 Å².